The molecule has 0 amide bonds. The highest BCUT2D eigenvalue weighted by atomic mass is 79.9. The Morgan fingerprint density at radius 3 is 2.72 bits per heavy atom. The molecule has 5 nitrogen and oxygen atoms in total. The van der Waals surface area contributed by atoms with E-state index in [-0.39, 0.29) is 5.75 Å². The number of hydrogen-bond acceptors (Lipinski definition) is 5. The number of benzene rings is 3. The van der Waals surface area contributed by atoms with E-state index < -0.39 is 0 Å². The van der Waals surface area contributed by atoms with Gasteiger partial charge in [0, 0.05) is 27.7 Å². The molecule has 3 aromatic carbocycles. The molecule has 4 rings (SSSR count). The first-order valence-corrected chi connectivity index (χ1v) is 9.93. The standard InChI is InChI=1S/C22H16BrClN2O3/c1-28-20-10-15(23)9-14(22(20)27)12-25-17-6-7-19-18(11-17)26-21(29-19)8-13-2-4-16(24)5-3-13/h2-7,9-12,27H,8H2,1H3. The third-order valence-electron chi connectivity index (χ3n) is 4.33. The molecular weight excluding hydrogens is 456 g/mol. The van der Waals surface area contributed by atoms with Crippen LogP contribution in [-0.4, -0.2) is 23.4 Å². The third kappa shape index (κ3) is 4.44. The van der Waals surface area contributed by atoms with Gasteiger partial charge >= 0.3 is 0 Å². The molecule has 29 heavy (non-hydrogen) atoms. The number of aliphatic imine (C=N–C) groups is 1. The van der Waals surface area contributed by atoms with E-state index in [9.17, 15) is 5.11 Å². The van der Waals surface area contributed by atoms with Gasteiger partial charge in [0.25, 0.3) is 0 Å². The summed E-state index contributed by atoms with van der Waals surface area (Å²) in [4.78, 5) is 9.00. The highest BCUT2D eigenvalue weighted by molar-refractivity contribution is 9.10. The molecule has 146 valence electrons. The first kappa shape index (κ1) is 19.5. The first-order chi connectivity index (χ1) is 14.0. The number of aromatic nitrogens is 1. The zero-order valence-corrected chi connectivity index (χ0v) is 17.7. The predicted octanol–water partition coefficient (Wildman–Crippen LogP) is 6.30. The van der Waals surface area contributed by atoms with Crippen LogP contribution in [0.5, 0.6) is 11.5 Å². The number of halogens is 2. The normalized spacial score (nSPS) is 11.4. The van der Waals surface area contributed by atoms with Crippen LogP contribution >= 0.6 is 27.5 Å². The van der Waals surface area contributed by atoms with Crippen LogP contribution in [0.25, 0.3) is 11.1 Å². The Bertz CT molecular complexity index is 1200. The number of phenols is 1. The lowest BCUT2D eigenvalue weighted by atomic mass is 10.1. The second-order valence-corrected chi connectivity index (χ2v) is 7.72. The molecule has 0 atom stereocenters. The zero-order chi connectivity index (χ0) is 20.4. The second-order valence-electron chi connectivity index (χ2n) is 6.37. The number of aromatic hydroxyl groups is 1. The van der Waals surface area contributed by atoms with Crippen molar-refractivity contribution in [3.8, 4) is 11.5 Å². The van der Waals surface area contributed by atoms with E-state index >= 15 is 0 Å². The molecule has 7 heteroatoms. The fourth-order valence-corrected chi connectivity index (χ4v) is 3.47. The number of phenolic OH excluding ortho intramolecular Hbond substituents is 1. The van der Waals surface area contributed by atoms with E-state index in [4.69, 9.17) is 20.8 Å². The Balaban J connectivity index is 1.58. The molecule has 1 heterocycles. The van der Waals surface area contributed by atoms with Crippen LogP contribution in [-0.2, 0) is 6.42 Å². The molecular formula is C22H16BrClN2O3. The van der Waals surface area contributed by atoms with Gasteiger partial charge in [0.2, 0.25) is 0 Å². The van der Waals surface area contributed by atoms with Gasteiger partial charge in [-0.05, 0) is 48.0 Å². The number of oxazole rings is 1. The van der Waals surface area contributed by atoms with Crippen molar-refractivity contribution in [2.45, 2.75) is 6.42 Å². The molecule has 1 aromatic heterocycles. The number of hydrogen-bond donors (Lipinski definition) is 1. The monoisotopic (exact) mass is 470 g/mol. The SMILES string of the molecule is COc1cc(Br)cc(C=Nc2ccc3oc(Cc4ccc(Cl)cc4)nc3c2)c1O. The van der Waals surface area contributed by atoms with Crippen LogP contribution < -0.4 is 4.74 Å². The Hall–Kier alpha value is -2.83. The zero-order valence-electron chi connectivity index (χ0n) is 15.4. The average molecular weight is 472 g/mol. The van der Waals surface area contributed by atoms with Crippen molar-refractivity contribution >= 4 is 50.5 Å². The van der Waals surface area contributed by atoms with Crippen LogP contribution in [0.15, 0.2) is 68.5 Å². The van der Waals surface area contributed by atoms with Crippen LogP contribution in [0.3, 0.4) is 0 Å². The van der Waals surface area contributed by atoms with Gasteiger partial charge in [0.15, 0.2) is 23.0 Å². The van der Waals surface area contributed by atoms with Crippen LogP contribution in [0.2, 0.25) is 5.02 Å². The lowest BCUT2D eigenvalue weighted by molar-refractivity contribution is 0.373. The van der Waals surface area contributed by atoms with Gasteiger partial charge in [-0.2, -0.15) is 0 Å². The van der Waals surface area contributed by atoms with Crippen molar-refractivity contribution in [2.24, 2.45) is 4.99 Å². The summed E-state index contributed by atoms with van der Waals surface area (Å²) in [6.45, 7) is 0. The minimum atomic E-state index is 0.0345. The van der Waals surface area contributed by atoms with Crippen molar-refractivity contribution in [1.29, 1.82) is 0 Å². The molecule has 1 N–H and O–H groups in total. The topological polar surface area (TPSA) is 67.9 Å². The Labute approximate surface area is 180 Å². The summed E-state index contributed by atoms with van der Waals surface area (Å²) in [5.74, 6) is 1.03. The Morgan fingerprint density at radius 2 is 1.97 bits per heavy atom. The maximum Gasteiger partial charge on any atom is 0.199 e. The van der Waals surface area contributed by atoms with Gasteiger partial charge in [0.1, 0.15) is 5.52 Å². The van der Waals surface area contributed by atoms with E-state index in [1.165, 1.54) is 7.11 Å². The van der Waals surface area contributed by atoms with Gasteiger partial charge < -0.3 is 14.3 Å². The van der Waals surface area contributed by atoms with Crippen LogP contribution in [0.1, 0.15) is 17.0 Å². The van der Waals surface area contributed by atoms with Crippen molar-refractivity contribution < 1.29 is 14.3 Å². The molecule has 0 aliphatic carbocycles. The van der Waals surface area contributed by atoms with Gasteiger partial charge in [-0.3, -0.25) is 4.99 Å². The van der Waals surface area contributed by atoms with Gasteiger partial charge in [-0.15, -0.1) is 0 Å². The summed E-state index contributed by atoms with van der Waals surface area (Å²) in [6.07, 6.45) is 2.16. The third-order valence-corrected chi connectivity index (χ3v) is 5.04. The number of rotatable bonds is 5. The maximum atomic E-state index is 10.3. The smallest absolute Gasteiger partial charge is 0.199 e. The fourth-order valence-electron chi connectivity index (χ4n) is 2.89. The first-order valence-electron chi connectivity index (χ1n) is 8.76. The van der Waals surface area contributed by atoms with Crippen molar-refractivity contribution in [1.82, 2.24) is 4.98 Å². The molecule has 0 saturated carbocycles. The molecule has 4 aromatic rings. The summed E-state index contributed by atoms with van der Waals surface area (Å²) >= 11 is 9.33. The summed E-state index contributed by atoms with van der Waals surface area (Å²) in [6, 6.07) is 16.6. The second kappa shape index (κ2) is 8.27. The van der Waals surface area contributed by atoms with Crippen molar-refractivity contribution in [2.75, 3.05) is 7.11 Å². The predicted molar refractivity (Wildman–Crippen MR) is 118 cm³/mol. The van der Waals surface area contributed by atoms with Crippen LogP contribution in [0.4, 0.5) is 5.69 Å². The minimum absolute atomic E-state index is 0.0345. The van der Waals surface area contributed by atoms with Crippen molar-refractivity contribution in [3.63, 3.8) is 0 Å². The van der Waals surface area contributed by atoms with E-state index in [0.717, 1.165) is 15.6 Å². The molecule has 0 aliphatic rings. The number of nitrogens with zero attached hydrogens (tertiary/aromatic N) is 2. The quantitative estimate of drug-likeness (QED) is 0.347. The van der Waals surface area contributed by atoms with E-state index in [1.807, 2.05) is 42.5 Å². The van der Waals surface area contributed by atoms with Gasteiger partial charge in [-0.1, -0.05) is 39.7 Å². The molecule has 0 saturated heterocycles. The molecule has 0 fully saturated rings. The number of methoxy groups -OCH3 is 1. The number of ether oxygens (including phenoxy) is 1. The van der Waals surface area contributed by atoms with Gasteiger partial charge in [0.05, 0.1) is 12.8 Å². The van der Waals surface area contributed by atoms with E-state index in [1.54, 1.807) is 18.3 Å². The van der Waals surface area contributed by atoms with Gasteiger partial charge in [-0.25, -0.2) is 4.98 Å². The van der Waals surface area contributed by atoms with Crippen LogP contribution in [0, 0.1) is 0 Å². The lowest BCUT2D eigenvalue weighted by Gasteiger charge is -2.06. The lowest BCUT2D eigenvalue weighted by Crippen LogP contribution is -1.89. The molecule has 0 radical (unpaired) electrons. The molecule has 0 aliphatic heterocycles. The fraction of sp³-hybridized carbons (Fsp3) is 0.0909. The molecule has 0 unspecified atom stereocenters. The molecule has 0 spiro atoms. The summed E-state index contributed by atoms with van der Waals surface area (Å²) in [7, 11) is 1.50. The average Bonchev–Trinajstić information content (AvgIpc) is 3.11. The van der Waals surface area contributed by atoms with Crippen molar-refractivity contribution in [3.05, 3.63) is 81.1 Å². The van der Waals surface area contributed by atoms with E-state index in [2.05, 4.69) is 25.9 Å². The minimum Gasteiger partial charge on any atom is -0.504 e. The Kier molecular flexibility index (Phi) is 5.56. The highest BCUT2D eigenvalue weighted by Crippen LogP contribution is 2.33. The summed E-state index contributed by atoms with van der Waals surface area (Å²) in [5, 5.41) is 10.9. The highest BCUT2D eigenvalue weighted by Gasteiger charge is 2.10. The summed E-state index contributed by atoms with van der Waals surface area (Å²) in [5.41, 5.74) is 3.72. The molecule has 0 bridgehead atoms. The Morgan fingerprint density at radius 1 is 1.17 bits per heavy atom. The van der Waals surface area contributed by atoms with E-state index in [0.29, 0.717) is 39.9 Å². The number of fused-ring (bicyclic) bond motifs is 1. The maximum absolute atomic E-state index is 10.3. The largest absolute Gasteiger partial charge is 0.504 e. The summed E-state index contributed by atoms with van der Waals surface area (Å²) < 4.78 is 11.8.